The van der Waals surface area contributed by atoms with Gasteiger partial charge in [0.2, 0.25) is 5.91 Å². The van der Waals surface area contributed by atoms with Crippen LogP contribution >= 0.6 is 15.9 Å². The van der Waals surface area contributed by atoms with Gasteiger partial charge in [-0.25, -0.2) is 13.6 Å². The molecule has 0 radical (unpaired) electrons. The first kappa shape index (κ1) is 25.9. The lowest BCUT2D eigenvalue weighted by atomic mass is 9.86. The second-order valence-corrected chi connectivity index (χ2v) is 10.7. The van der Waals surface area contributed by atoms with Crippen LogP contribution in [0.2, 0.25) is 0 Å². The van der Waals surface area contributed by atoms with Crippen LogP contribution in [0.1, 0.15) is 31.2 Å². The van der Waals surface area contributed by atoms with E-state index < -0.39 is 72.2 Å². The smallest absolute Gasteiger partial charge is 0.411 e. The zero-order valence-electron chi connectivity index (χ0n) is 19.4. The molecule has 1 aliphatic heterocycles. The highest BCUT2D eigenvalue weighted by Gasteiger charge is 2.58. The summed E-state index contributed by atoms with van der Waals surface area (Å²) in [5.74, 6) is -4.22. The van der Waals surface area contributed by atoms with Crippen molar-refractivity contribution in [2.75, 3.05) is 13.1 Å². The highest BCUT2D eigenvalue weighted by molar-refractivity contribution is 9.12. The summed E-state index contributed by atoms with van der Waals surface area (Å²) in [5, 5.41) is 0. The summed E-state index contributed by atoms with van der Waals surface area (Å²) in [6.07, 6.45) is -3.34. The number of carbonyl (C=O) groups is 3. The molecule has 3 fully saturated rings. The van der Waals surface area contributed by atoms with Crippen LogP contribution in [-0.2, 0) is 20.9 Å². The molecule has 1 heterocycles. The van der Waals surface area contributed by atoms with Crippen LogP contribution in [0.25, 0.3) is 0 Å². The lowest BCUT2D eigenvalue weighted by Crippen LogP contribution is -2.52. The molecule has 0 bridgehead atoms. The number of rotatable bonds is 6. The maximum Gasteiger partial charge on any atom is 0.411 e. The number of halogens is 6. The zero-order valence-corrected chi connectivity index (χ0v) is 20.9. The summed E-state index contributed by atoms with van der Waals surface area (Å²) in [5.41, 5.74) is -0.733. The van der Waals surface area contributed by atoms with Gasteiger partial charge in [-0.2, -0.15) is 13.2 Å². The van der Waals surface area contributed by atoms with Crippen molar-refractivity contribution >= 4 is 33.7 Å². The third kappa shape index (κ3) is 4.80. The van der Waals surface area contributed by atoms with Crippen molar-refractivity contribution in [3.8, 4) is 0 Å². The van der Waals surface area contributed by atoms with Gasteiger partial charge in [0.05, 0.1) is 11.0 Å². The minimum absolute atomic E-state index is 0.190. The number of hydrogen-bond acceptors (Lipinski definition) is 4. The normalized spacial score (nSPS) is 26.4. The van der Waals surface area contributed by atoms with E-state index in [1.165, 1.54) is 12.1 Å². The fraction of sp³-hybridized carbons (Fsp3) is 0.480. The Labute approximate surface area is 217 Å². The van der Waals surface area contributed by atoms with Gasteiger partial charge < -0.3 is 9.64 Å². The standard InChI is InChI=1S/C25H22BrF5N2O4/c26-20-18(28)9-17-16(21(20)35)7-8-24(17)12-32(23(36)37-24)11-19(34)33(10-13-1-5-15(27)6-2-13)22(14-3-4-14)25(29,30)31/h1-2,5-6,9,14,16,22H,3-4,7-8,10-12H2/t16?,22-,24?/m0/s1. The molecule has 198 valence electrons. The Morgan fingerprint density at radius 3 is 2.46 bits per heavy atom. The summed E-state index contributed by atoms with van der Waals surface area (Å²) in [6, 6.07) is 2.76. The van der Waals surface area contributed by atoms with Gasteiger partial charge in [0.1, 0.15) is 24.2 Å². The number of amides is 2. The zero-order chi connectivity index (χ0) is 26.7. The van der Waals surface area contributed by atoms with E-state index in [1.807, 2.05) is 0 Å². The van der Waals surface area contributed by atoms with Gasteiger partial charge >= 0.3 is 12.3 Å². The van der Waals surface area contributed by atoms with Gasteiger partial charge in [-0.15, -0.1) is 0 Å². The van der Waals surface area contributed by atoms with E-state index in [-0.39, 0.29) is 23.0 Å². The third-order valence-corrected chi connectivity index (χ3v) is 8.17. The summed E-state index contributed by atoms with van der Waals surface area (Å²) in [4.78, 5) is 40.3. The summed E-state index contributed by atoms with van der Waals surface area (Å²) in [7, 11) is 0. The minimum atomic E-state index is -4.70. The highest BCUT2D eigenvalue weighted by atomic mass is 79.9. The largest absolute Gasteiger partial charge is 0.436 e. The van der Waals surface area contributed by atoms with Gasteiger partial charge in [-0.1, -0.05) is 12.1 Å². The quantitative estimate of drug-likeness (QED) is 0.429. The van der Waals surface area contributed by atoms with Crippen molar-refractivity contribution in [2.45, 2.75) is 50.0 Å². The molecule has 2 amide bonds. The Hall–Kier alpha value is -2.76. The highest BCUT2D eigenvalue weighted by Crippen LogP contribution is 2.50. The van der Waals surface area contributed by atoms with Gasteiger partial charge in [-0.3, -0.25) is 14.5 Å². The van der Waals surface area contributed by atoms with E-state index in [2.05, 4.69) is 15.9 Å². The summed E-state index contributed by atoms with van der Waals surface area (Å²) < 4.78 is 75.2. The van der Waals surface area contributed by atoms with Crippen LogP contribution in [0.3, 0.4) is 0 Å². The summed E-state index contributed by atoms with van der Waals surface area (Å²) in [6.45, 7) is -1.29. The molecular formula is C25H22BrF5N2O4. The summed E-state index contributed by atoms with van der Waals surface area (Å²) >= 11 is 2.93. The number of allylic oxidation sites excluding steroid dienone is 3. The molecule has 2 saturated carbocycles. The van der Waals surface area contributed by atoms with Gasteiger partial charge in [0.15, 0.2) is 11.4 Å². The number of hydrogen-bond donors (Lipinski definition) is 0. The number of alkyl halides is 3. The maximum atomic E-state index is 14.3. The average Bonchev–Trinajstić information content (AvgIpc) is 3.52. The Morgan fingerprint density at radius 2 is 1.84 bits per heavy atom. The van der Waals surface area contributed by atoms with Gasteiger partial charge in [0.25, 0.3) is 0 Å². The Kier molecular flexibility index (Phi) is 6.44. The van der Waals surface area contributed by atoms with Crippen LogP contribution in [0.4, 0.5) is 26.7 Å². The van der Waals surface area contributed by atoms with Crippen LogP contribution in [0, 0.1) is 17.7 Å². The Bertz CT molecular complexity index is 1210. The fourth-order valence-electron chi connectivity index (χ4n) is 5.50. The van der Waals surface area contributed by atoms with E-state index in [4.69, 9.17) is 4.74 Å². The molecule has 12 heteroatoms. The molecule has 1 aromatic rings. The monoisotopic (exact) mass is 588 g/mol. The molecule has 3 aliphatic carbocycles. The van der Waals surface area contributed by atoms with Crippen LogP contribution in [-0.4, -0.2) is 58.5 Å². The van der Waals surface area contributed by atoms with Gasteiger partial charge in [0, 0.05) is 12.5 Å². The molecule has 1 saturated heterocycles. The number of ketones is 1. The molecule has 5 rings (SSSR count). The molecule has 4 aliphatic rings. The van der Waals surface area contributed by atoms with Crippen molar-refractivity contribution in [1.29, 1.82) is 0 Å². The first-order valence-corrected chi connectivity index (χ1v) is 12.6. The van der Waals surface area contributed by atoms with E-state index >= 15 is 0 Å². The average molecular weight is 589 g/mol. The second-order valence-electron chi connectivity index (χ2n) is 9.91. The molecule has 0 aromatic heterocycles. The molecule has 1 aromatic carbocycles. The Balaban J connectivity index is 1.39. The van der Waals surface area contributed by atoms with Crippen molar-refractivity contribution in [3.63, 3.8) is 0 Å². The number of nitrogens with zero attached hydrogens (tertiary/aromatic N) is 2. The molecular weight excluding hydrogens is 567 g/mol. The topological polar surface area (TPSA) is 66.9 Å². The molecule has 1 spiro atoms. The predicted octanol–water partition coefficient (Wildman–Crippen LogP) is 5.18. The third-order valence-electron chi connectivity index (χ3n) is 7.40. The Morgan fingerprint density at radius 1 is 1.16 bits per heavy atom. The molecule has 37 heavy (non-hydrogen) atoms. The second kappa shape index (κ2) is 9.21. The lowest BCUT2D eigenvalue weighted by molar-refractivity contribution is -0.196. The number of carbonyl (C=O) groups excluding carboxylic acids is 3. The molecule has 0 N–H and O–H groups in total. The number of benzene rings is 1. The van der Waals surface area contributed by atoms with E-state index in [9.17, 15) is 36.3 Å². The fourth-order valence-corrected chi connectivity index (χ4v) is 5.89. The SMILES string of the molecule is O=C1C(Br)=C(F)C=C2C1CCC21CN(CC(=O)N(Cc2ccc(F)cc2)[C@@H](C2CC2)C(F)(F)F)C(=O)O1. The van der Waals surface area contributed by atoms with Crippen molar-refractivity contribution in [2.24, 2.45) is 11.8 Å². The van der Waals surface area contributed by atoms with E-state index in [1.54, 1.807) is 0 Å². The van der Waals surface area contributed by atoms with Crippen molar-refractivity contribution < 1.29 is 41.1 Å². The van der Waals surface area contributed by atoms with Crippen molar-refractivity contribution in [3.05, 3.63) is 57.6 Å². The molecule has 3 atom stereocenters. The first-order valence-electron chi connectivity index (χ1n) is 11.8. The molecule has 6 nitrogen and oxygen atoms in total. The first-order chi connectivity index (χ1) is 17.4. The maximum absolute atomic E-state index is 14.3. The van der Waals surface area contributed by atoms with Crippen molar-refractivity contribution in [1.82, 2.24) is 9.80 Å². The number of fused-ring (bicyclic) bond motifs is 2. The number of Topliss-reactive ketones (excluding diaryl/α,β-unsaturated/α-hetero) is 1. The van der Waals surface area contributed by atoms with Crippen LogP contribution in [0.15, 0.2) is 46.2 Å². The van der Waals surface area contributed by atoms with Gasteiger partial charge in [-0.05, 0) is 76.9 Å². The van der Waals surface area contributed by atoms with E-state index in [0.717, 1.165) is 23.1 Å². The lowest BCUT2D eigenvalue weighted by Gasteiger charge is -2.34. The van der Waals surface area contributed by atoms with Crippen LogP contribution < -0.4 is 0 Å². The molecule has 2 unspecified atom stereocenters. The van der Waals surface area contributed by atoms with Crippen LogP contribution in [0.5, 0.6) is 0 Å². The predicted molar refractivity (Wildman–Crippen MR) is 123 cm³/mol. The number of ether oxygens (including phenoxy) is 1. The van der Waals surface area contributed by atoms with E-state index in [0.29, 0.717) is 29.7 Å². The minimum Gasteiger partial charge on any atom is -0.436 e.